The van der Waals surface area contributed by atoms with E-state index in [4.69, 9.17) is 9.47 Å². The minimum atomic E-state index is -1.58. The van der Waals surface area contributed by atoms with Crippen LogP contribution in [0.15, 0.2) is 107 Å². The summed E-state index contributed by atoms with van der Waals surface area (Å²) in [6.07, 6.45) is 5.42. The lowest BCUT2D eigenvalue weighted by molar-refractivity contribution is -0.117. The van der Waals surface area contributed by atoms with Gasteiger partial charge < -0.3 is 40.2 Å². The van der Waals surface area contributed by atoms with E-state index in [9.17, 15) is 29.7 Å². The molecule has 0 aliphatic heterocycles. The largest absolute Gasteiger partial charge is 0.494 e. The predicted molar refractivity (Wildman–Crippen MR) is 195 cm³/mol. The number of rotatable bonds is 20. The minimum Gasteiger partial charge on any atom is -0.494 e. The molecule has 0 atom stereocenters. The molecule has 4 aromatic carbocycles. The van der Waals surface area contributed by atoms with E-state index < -0.39 is 14.2 Å². The van der Waals surface area contributed by atoms with Crippen LogP contribution in [0.1, 0.15) is 51.4 Å². The summed E-state index contributed by atoms with van der Waals surface area (Å²) < 4.78 is 11.6. The van der Waals surface area contributed by atoms with Gasteiger partial charge in [0.25, 0.3) is 0 Å². The maximum atomic E-state index is 12.2. The quantitative estimate of drug-likeness (QED) is 0.0444. The second kappa shape index (κ2) is 20.5. The van der Waals surface area contributed by atoms with Gasteiger partial charge in [0.05, 0.1) is 24.6 Å². The lowest BCUT2D eigenvalue weighted by atomic mass is 9.80. The van der Waals surface area contributed by atoms with Crippen LogP contribution in [-0.4, -0.2) is 59.4 Å². The van der Waals surface area contributed by atoms with Gasteiger partial charge in [-0.3, -0.25) is 9.59 Å². The maximum Gasteiger partial charge on any atom is 0.488 e. The Morgan fingerprint density at radius 2 is 0.940 bits per heavy atom. The van der Waals surface area contributed by atoms with Crippen molar-refractivity contribution in [3.63, 3.8) is 0 Å². The number of benzene rings is 4. The van der Waals surface area contributed by atoms with Crippen LogP contribution < -0.4 is 31.0 Å². The molecule has 0 aromatic heterocycles. The molecule has 0 fully saturated rings. The topological polar surface area (TPSA) is 182 Å². The number of amides is 2. The molecule has 0 saturated heterocycles. The predicted octanol–water partition coefficient (Wildman–Crippen LogP) is 4.62. The third-order valence-corrected chi connectivity index (χ3v) is 7.53. The van der Waals surface area contributed by atoms with Crippen LogP contribution in [0.3, 0.4) is 0 Å². The van der Waals surface area contributed by atoms with Crippen LogP contribution in [-0.2, 0) is 9.59 Å². The highest BCUT2D eigenvalue weighted by Crippen LogP contribution is 2.23. The first-order valence-corrected chi connectivity index (χ1v) is 16.6. The Kier molecular flexibility index (Phi) is 15.5. The van der Waals surface area contributed by atoms with Gasteiger partial charge in [-0.25, -0.2) is 0 Å². The highest BCUT2D eigenvalue weighted by molar-refractivity contribution is 6.59. The summed E-state index contributed by atoms with van der Waals surface area (Å²) in [6, 6.07) is 27.6. The molecule has 4 aromatic rings. The Hall–Kier alpha value is -5.01. The molecule has 0 radical (unpaired) electrons. The first-order chi connectivity index (χ1) is 24.2. The highest BCUT2D eigenvalue weighted by atomic mass is 16.5. The number of hydrogen-bond acceptors (Lipinski definition) is 10. The standard InChI is InChI=1S/C36H42B2N4O8/c43-35(39-31-11-7-9-27(25-31)37(45)46)13-3-1-5-23-49-33-19-15-29(16-20-33)41-42-30-17-21-34(22-18-30)50-24-6-2-4-14-36(44)40-32-12-8-10-28(26-32)38(47)48/h7-12,15-22,25-26,45-48H,1-6,13-14,23-24H2,(H,39,43)(H,40,44). The molecule has 0 spiro atoms. The number of carbonyl (C=O) groups is 2. The van der Waals surface area contributed by atoms with Gasteiger partial charge >= 0.3 is 14.2 Å². The van der Waals surface area contributed by atoms with E-state index in [0.717, 1.165) is 37.2 Å². The van der Waals surface area contributed by atoms with Gasteiger partial charge in [-0.05, 0) is 122 Å². The molecular weight excluding hydrogens is 638 g/mol. The minimum absolute atomic E-state index is 0.125. The van der Waals surface area contributed by atoms with Crippen LogP contribution in [0.5, 0.6) is 11.5 Å². The fourth-order valence-corrected chi connectivity index (χ4v) is 4.84. The molecule has 0 aliphatic carbocycles. The summed E-state index contributed by atoms with van der Waals surface area (Å²) in [6.45, 7) is 1.05. The van der Waals surface area contributed by atoms with Gasteiger partial charge in [0.2, 0.25) is 11.8 Å². The van der Waals surface area contributed by atoms with Crippen molar-refractivity contribution in [3.05, 3.63) is 97.1 Å². The Labute approximate surface area is 292 Å². The van der Waals surface area contributed by atoms with Gasteiger partial charge in [0.1, 0.15) is 11.5 Å². The molecule has 0 unspecified atom stereocenters. The summed E-state index contributed by atoms with van der Waals surface area (Å²) in [5.41, 5.74) is 3.09. The average molecular weight is 680 g/mol. The van der Waals surface area contributed by atoms with Crippen LogP contribution in [0.25, 0.3) is 0 Å². The lowest BCUT2D eigenvalue weighted by Gasteiger charge is -2.08. The molecule has 14 heteroatoms. The van der Waals surface area contributed by atoms with Gasteiger partial charge in [0.15, 0.2) is 0 Å². The third kappa shape index (κ3) is 13.8. The summed E-state index contributed by atoms with van der Waals surface area (Å²) in [5, 5.41) is 51.2. The van der Waals surface area contributed by atoms with Crippen molar-refractivity contribution in [1.29, 1.82) is 0 Å². The van der Waals surface area contributed by atoms with Crippen molar-refractivity contribution in [1.82, 2.24) is 0 Å². The lowest BCUT2D eigenvalue weighted by Crippen LogP contribution is -2.30. The van der Waals surface area contributed by atoms with Crippen molar-refractivity contribution in [2.45, 2.75) is 51.4 Å². The zero-order chi connectivity index (χ0) is 35.6. The Balaban J connectivity index is 1.04. The van der Waals surface area contributed by atoms with Crippen LogP contribution in [0, 0.1) is 0 Å². The van der Waals surface area contributed by atoms with E-state index >= 15 is 0 Å². The third-order valence-electron chi connectivity index (χ3n) is 7.53. The van der Waals surface area contributed by atoms with Crippen molar-refractivity contribution in [2.75, 3.05) is 23.8 Å². The fraction of sp³-hybridized carbons (Fsp3) is 0.278. The normalized spacial score (nSPS) is 10.9. The molecule has 0 bridgehead atoms. The maximum absolute atomic E-state index is 12.2. The Morgan fingerprint density at radius 3 is 1.32 bits per heavy atom. The number of nitrogens with zero attached hydrogens (tertiary/aromatic N) is 2. The van der Waals surface area contributed by atoms with E-state index in [1.807, 2.05) is 48.5 Å². The molecule has 0 saturated carbocycles. The summed E-state index contributed by atoms with van der Waals surface area (Å²) >= 11 is 0. The molecule has 6 N–H and O–H groups in total. The number of anilines is 2. The summed E-state index contributed by atoms with van der Waals surface area (Å²) in [7, 11) is -3.15. The van der Waals surface area contributed by atoms with Crippen molar-refractivity contribution in [2.24, 2.45) is 10.2 Å². The monoisotopic (exact) mass is 680 g/mol. The summed E-state index contributed by atoms with van der Waals surface area (Å²) in [4.78, 5) is 24.3. The van der Waals surface area contributed by atoms with E-state index in [-0.39, 0.29) is 11.8 Å². The molecule has 0 heterocycles. The SMILES string of the molecule is O=C(CCCCCOc1ccc(N=Nc2ccc(OCCCCCC(=O)Nc3cccc(B(O)O)c3)cc2)cc1)Nc1cccc(B(O)O)c1. The number of hydrogen-bond donors (Lipinski definition) is 6. The van der Waals surface area contributed by atoms with E-state index in [2.05, 4.69) is 20.9 Å². The average Bonchev–Trinajstić information content (AvgIpc) is 3.11. The molecule has 50 heavy (non-hydrogen) atoms. The van der Waals surface area contributed by atoms with Gasteiger partial charge in [-0.1, -0.05) is 24.3 Å². The smallest absolute Gasteiger partial charge is 0.488 e. The number of ether oxygens (including phenoxy) is 2. The zero-order valence-electron chi connectivity index (χ0n) is 27.8. The van der Waals surface area contributed by atoms with Gasteiger partial charge in [-0.2, -0.15) is 10.2 Å². The zero-order valence-corrected chi connectivity index (χ0v) is 27.8. The highest BCUT2D eigenvalue weighted by Gasteiger charge is 2.13. The first-order valence-electron chi connectivity index (χ1n) is 16.6. The van der Waals surface area contributed by atoms with Crippen molar-refractivity contribution < 1.29 is 39.2 Å². The molecule has 260 valence electrons. The van der Waals surface area contributed by atoms with Crippen molar-refractivity contribution in [3.8, 4) is 11.5 Å². The number of carbonyl (C=O) groups excluding carboxylic acids is 2. The van der Waals surface area contributed by atoms with Crippen molar-refractivity contribution >= 4 is 59.7 Å². The summed E-state index contributed by atoms with van der Waals surface area (Å²) in [5.74, 6) is 1.20. The van der Waals surface area contributed by atoms with Gasteiger partial charge in [0, 0.05) is 24.2 Å². The van der Waals surface area contributed by atoms with Crippen LogP contribution >= 0.6 is 0 Å². The number of nitrogens with one attached hydrogen (secondary N) is 2. The second-order valence-corrected chi connectivity index (χ2v) is 11.6. The second-order valence-electron chi connectivity index (χ2n) is 11.6. The van der Waals surface area contributed by atoms with E-state index in [0.29, 0.717) is 72.6 Å². The van der Waals surface area contributed by atoms with E-state index in [1.165, 1.54) is 12.1 Å². The van der Waals surface area contributed by atoms with Gasteiger partial charge in [-0.15, -0.1) is 0 Å². The molecule has 4 rings (SSSR count). The number of azo groups is 1. The Bertz CT molecular complexity index is 1550. The molecule has 12 nitrogen and oxygen atoms in total. The fourth-order valence-electron chi connectivity index (χ4n) is 4.84. The Morgan fingerprint density at radius 1 is 0.540 bits per heavy atom. The first kappa shape index (κ1) is 37.8. The van der Waals surface area contributed by atoms with Crippen LogP contribution in [0.2, 0.25) is 0 Å². The van der Waals surface area contributed by atoms with E-state index in [1.54, 1.807) is 36.4 Å². The molecule has 0 aliphatic rings. The number of unbranched alkanes of at least 4 members (excludes halogenated alkanes) is 4. The molecule has 2 amide bonds. The van der Waals surface area contributed by atoms with Crippen LogP contribution in [0.4, 0.5) is 22.7 Å². The molecular formula is C36H42B2N4O8.